The average Bonchev–Trinajstić information content (AvgIpc) is 2.98. The number of hydrogen-bond acceptors (Lipinski definition) is 5. The molecule has 0 atom stereocenters. The lowest BCUT2D eigenvalue weighted by molar-refractivity contribution is -0.115. The summed E-state index contributed by atoms with van der Waals surface area (Å²) in [5.41, 5.74) is 0. The maximum Gasteiger partial charge on any atom is 0.148 e. The zero-order chi connectivity index (χ0) is 11.5. The highest BCUT2D eigenvalue weighted by molar-refractivity contribution is 5.80. The van der Waals surface area contributed by atoms with Crippen LogP contribution in [0, 0.1) is 6.92 Å². The minimum Gasteiger partial charge on any atom is -0.367 e. The number of carbonyl (C=O) groups excluding carboxylic acids is 1. The standard InChI is InChI=1S/C11H16N4O/c1-7(16)6-12-10-5-11(14-8(2)13-10)15-9-3-4-9/h5,9H,3-4,6H2,1-2H3,(H2,12,13,14,15). The van der Waals surface area contributed by atoms with Gasteiger partial charge in [0.2, 0.25) is 0 Å². The first-order valence-corrected chi connectivity index (χ1v) is 5.49. The van der Waals surface area contributed by atoms with Crippen molar-refractivity contribution < 1.29 is 4.79 Å². The number of hydrogen-bond donors (Lipinski definition) is 2. The van der Waals surface area contributed by atoms with Gasteiger partial charge in [-0.1, -0.05) is 0 Å². The molecule has 0 spiro atoms. The minimum absolute atomic E-state index is 0.0907. The summed E-state index contributed by atoms with van der Waals surface area (Å²) in [5, 5.41) is 6.29. The molecule has 0 radical (unpaired) electrons. The first-order chi connectivity index (χ1) is 7.63. The third kappa shape index (κ3) is 3.18. The van der Waals surface area contributed by atoms with Gasteiger partial charge in [-0.3, -0.25) is 4.79 Å². The Balaban J connectivity index is 2.04. The molecule has 5 nitrogen and oxygen atoms in total. The molecule has 0 saturated heterocycles. The van der Waals surface area contributed by atoms with Gasteiger partial charge in [-0.2, -0.15) is 0 Å². The fraction of sp³-hybridized carbons (Fsp3) is 0.545. The van der Waals surface area contributed by atoms with Gasteiger partial charge in [0.25, 0.3) is 0 Å². The number of carbonyl (C=O) groups is 1. The van der Waals surface area contributed by atoms with Crippen LogP contribution in [0.15, 0.2) is 6.07 Å². The Bertz CT molecular complexity index is 401. The van der Waals surface area contributed by atoms with Gasteiger partial charge in [0, 0.05) is 12.1 Å². The Morgan fingerprint density at radius 1 is 1.44 bits per heavy atom. The molecule has 1 aromatic rings. The molecule has 1 saturated carbocycles. The van der Waals surface area contributed by atoms with Crippen molar-refractivity contribution in [3.63, 3.8) is 0 Å². The predicted molar refractivity (Wildman–Crippen MR) is 62.6 cm³/mol. The highest BCUT2D eigenvalue weighted by Crippen LogP contribution is 2.24. The van der Waals surface area contributed by atoms with E-state index < -0.39 is 0 Å². The molecular weight excluding hydrogens is 204 g/mol. The number of nitrogens with one attached hydrogen (secondary N) is 2. The Morgan fingerprint density at radius 3 is 2.75 bits per heavy atom. The first-order valence-electron chi connectivity index (χ1n) is 5.49. The minimum atomic E-state index is 0.0907. The molecule has 5 heteroatoms. The van der Waals surface area contributed by atoms with Crippen molar-refractivity contribution in [1.82, 2.24) is 9.97 Å². The van der Waals surface area contributed by atoms with Gasteiger partial charge in [-0.25, -0.2) is 9.97 Å². The van der Waals surface area contributed by atoms with E-state index in [2.05, 4.69) is 20.6 Å². The van der Waals surface area contributed by atoms with E-state index in [-0.39, 0.29) is 5.78 Å². The van der Waals surface area contributed by atoms with Crippen molar-refractivity contribution in [1.29, 1.82) is 0 Å². The van der Waals surface area contributed by atoms with E-state index in [0.717, 1.165) is 5.82 Å². The van der Waals surface area contributed by atoms with Crippen molar-refractivity contribution in [3.8, 4) is 0 Å². The van der Waals surface area contributed by atoms with Gasteiger partial charge in [0.15, 0.2) is 0 Å². The van der Waals surface area contributed by atoms with Gasteiger partial charge in [-0.05, 0) is 26.7 Å². The van der Waals surface area contributed by atoms with Crippen LogP contribution in [-0.4, -0.2) is 28.3 Å². The number of Topliss-reactive ketones (excluding diaryl/α,β-unsaturated/α-hetero) is 1. The zero-order valence-electron chi connectivity index (χ0n) is 9.58. The Labute approximate surface area is 94.7 Å². The number of anilines is 2. The number of ketones is 1. The van der Waals surface area contributed by atoms with E-state index in [1.54, 1.807) is 6.92 Å². The van der Waals surface area contributed by atoms with Crippen molar-refractivity contribution >= 4 is 17.4 Å². The number of nitrogens with zero attached hydrogens (tertiary/aromatic N) is 2. The normalized spacial score (nSPS) is 14.6. The summed E-state index contributed by atoms with van der Waals surface area (Å²) in [6.45, 7) is 3.70. The third-order valence-corrected chi connectivity index (χ3v) is 2.29. The van der Waals surface area contributed by atoms with Gasteiger partial charge in [0.1, 0.15) is 23.2 Å². The molecule has 1 fully saturated rings. The second-order valence-electron chi connectivity index (χ2n) is 4.16. The summed E-state index contributed by atoms with van der Waals surface area (Å²) in [5.74, 6) is 2.33. The first kappa shape index (κ1) is 10.9. The van der Waals surface area contributed by atoms with E-state index in [0.29, 0.717) is 24.2 Å². The van der Waals surface area contributed by atoms with E-state index in [1.807, 2.05) is 13.0 Å². The van der Waals surface area contributed by atoms with Crippen molar-refractivity contribution in [2.24, 2.45) is 0 Å². The third-order valence-electron chi connectivity index (χ3n) is 2.29. The molecule has 2 rings (SSSR count). The van der Waals surface area contributed by atoms with Gasteiger partial charge in [-0.15, -0.1) is 0 Å². The fourth-order valence-electron chi connectivity index (χ4n) is 1.38. The maximum atomic E-state index is 10.9. The Kier molecular flexibility index (Phi) is 3.03. The van der Waals surface area contributed by atoms with Crippen LogP contribution in [0.25, 0.3) is 0 Å². The number of aryl methyl sites for hydroxylation is 1. The van der Waals surface area contributed by atoms with Crippen molar-refractivity contribution in [2.75, 3.05) is 17.2 Å². The molecule has 16 heavy (non-hydrogen) atoms. The van der Waals surface area contributed by atoms with Crippen LogP contribution < -0.4 is 10.6 Å². The molecule has 0 bridgehead atoms. The van der Waals surface area contributed by atoms with Gasteiger partial charge < -0.3 is 10.6 Å². The quantitative estimate of drug-likeness (QED) is 0.784. The molecule has 0 amide bonds. The van der Waals surface area contributed by atoms with Gasteiger partial charge >= 0.3 is 0 Å². The lowest BCUT2D eigenvalue weighted by Gasteiger charge is -2.08. The highest BCUT2D eigenvalue weighted by atomic mass is 16.1. The Morgan fingerprint density at radius 2 is 2.12 bits per heavy atom. The summed E-state index contributed by atoms with van der Waals surface area (Å²) >= 11 is 0. The topological polar surface area (TPSA) is 66.9 Å². The molecule has 86 valence electrons. The maximum absolute atomic E-state index is 10.9. The summed E-state index contributed by atoms with van der Waals surface area (Å²) in [6.07, 6.45) is 2.42. The number of aromatic nitrogens is 2. The van der Waals surface area contributed by atoms with E-state index in [9.17, 15) is 4.79 Å². The summed E-state index contributed by atoms with van der Waals surface area (Å²) in [4.78, 5) is 19.4. The average molecular weight is 220 g/mol. The highest BCUT2D eigenvalue weighted by Gasteiger charge is 2.21. The Hall–Kier alpha value is -1.65. The molecule has 1 aromatic heterocycles. The molecule has 2 N–H and O–H groups in total. The molecule has 1 aliphatic carbocycles. The van der Waals surface area contributed by atoms with Crippen LogP contribution in [0.3, 0.4) is 0 Å². The second kappa shape index (κ2) is 4.47. The zero-order valence-corrected chi connectivity index (χ0v) is 9.58. The van der Waals surface area contributed by atoms with Crippen LogP contribution in [0.5, 0.6) is 0 Å². The summed E-state index contributed by atoms with van der Waals surface area (Å²) < 4.78 is 0. The van der Waals surface area contributed by atoms with Crippen LogP contribution in [0.2, 0.25) is 0 Å². The van der Waals surface area contributed by atoms with Crippen molar-refractivity contribution in [2.45, 2.75) is 32.7 Å². The molecule has 0 unspecified atom stereocenters. The molecule has 1 aliphatic rings. The predicted octanol–water partition coefficient (Wildman–Crippen LogP) is 1.36. The molecule has 0 aromatic carbocycles. The monoisotopic (exact) mass is 220 g/mol. The van der Waals surface area contributed by atoms with Crippen molar-refractivity contribution in [3.05, 3.63) is 11.9 Å². The fourth-order valence-corrected chi connectivity index (χ4v) is 1.38. The summed E-state index contributed by atoms with van der Waals surface area (Å²) in [6, 6.07) is 2.41. The second-order valence-corrected chi connectivity index (χ2v) is 4.16. The lowest BCUT2D eigenvalue weighted by Crippen LogP contribution is -2.13. The van der Waals surface area contributed by atoms with Gasteiger partial charge in [0.05, 0.1) is 6.54 Å². The number of rotatable bonds is 5. The lowest BCUT2D eigenvalue weighted by atomic mass is 10.4. The van der Waals surface area contributed by atoms with E-state index in [4.69, 9.17) is 0 Å². The smallest absolute Gasteiger partial charge is 0.148 e. The largest absolute Gasteiger partial charge is 0.367 e. The van der Waals surface area contributed by atoms with E-state index >= 15 is 0 Å². The van der Waals surface area contributed by atoms with Crippen LogP contribution in [0.1, 0.15) is 25.6 Å². The summed E-state index contributed by atoms with van der Waals surface area (Å²) in [7, 11) is 0. The molecular formula is C11H16N4O. The van der Waals surface area contributed by atoms with Crippen LogP contribution in [-0.2, 0) is 4.79 Å². The SMILES string of the molecule is CC(=O)CNc1cc(NC2CC2)nc(C)n1. The van der Waals surface area contributed by atoms with Crippen LogP contribution in [0.4, 0.5) is 11.6 Å². The van der Waals surface area contributed by atoms with Crippen LogP contribution >= 0.6 is 0 Å². The molecule has 1 heterocycles. The van der Waals surface area contributed by atoms with E-state index in [1.165, 1.54) is 12.8 Å². The molecule has 0 aliphatic heterocycles.